The summed E-state index contributed by atoms with van der Waals surface area (Å²) in [6.45, 7) is 3.42. The predicted octanol–water partition coefficient (Wildman–Crippen LogP) is 5.86. The Hall–Kier alpha value is -3.53. The maximum absolute atomic E-state index is 14.3. The molecular weight excluding hydrogens is 582 g/mol. The third-order valence-electron chi connectivity index (χ3n) is 7.92. The third kappa shape index (κ3) is 5.54. The Labute approximate surface area is 240 Å². The Balaban J connectivity index is 1.22. The number of aromatic nitrogens is 1. The van der Waals surface area contributed by atoms with Crippen LogP contribution in [-0.4, -0.2) is 42.0 Å². The van der Waals surface area contributed by atoms with Crippen LogP contribution in [-0.2, 0) is 0 Å². The molecule has 210 valence electrons. The second-order valence-corrected chi connectivity index (χ2v) is 11.4. The number of piperidine rings is 1. The summed E-state index contributed by atoms with van der Waals surface area (Å²) in [6.07, 6.45) is 5.10. The standard InChI is InChI=1S/C30H31BrF2N4O3/c1-16-23(5-4-6-26(16)40-3)30(39)36-20-13-21-8-9-22(14-20)37(21)27-10-7-18(15-34-27)29(38)35-17(2)28-24(32)11-19(31)12-25(28)33/h4-7,10-12,15,17,20-22H,8-9,13-14H2,1-3H3,(H,35,38)(H,36,39)/t17?,20-,21+,22-. The van der Waals surface area contributed by atoms with E-state index in [1.165, 1.54) is 25.3 Å². The average Bonchev–Trinajstić information content (AvgIpc) is 3.18. The summed E-state index contributed by atoms with van der Waals surface area (Å²) >= 11 is 3.06. The maximum Gasteiger partial charge on any atom is 0.253 e. The first-order valence-electron chi connectivity index (χ1n) is 13.3. The van der Waals surface area contributed by atoms with Crippen LogP contribution in [0.5, 0.6) is 5.75 Å². The molecule has 10 heteroatoms. The summed E-state index contributed by atoms with van der Waals surface area (Å²) in [4.78, 5) is 32.7. The smallest absolute Gasteiger partial charge is 0.253 e. The fraction of sp³-hybridized carbons (Fsp3) is 0.367. The van der Waals surface area contributed by atoms with E-state index in [4.69, 9.17) is 4.74 Å². The number of pyridine rings is 1. The van der Waals surface area contributed by atoms with E-state index in [1.54, 1.807) is 13.2 Å². The number of benzene rings is 2. The molecule has 3 aromatic rings. The summed E-state index contributed by atoms with van der Waals surface area (Å²) in [7, 11) is 1.59. The van der Waals surface area contributed by atoms with Crippen molar-refractivity contribution in [1.29, 1.82) is 0 Å². The highest BCUT2D eigenvalue weighted by atomic mass is 79.9. The Bertz CT molecular complexity index is 1400. The van der Waals surface area contributed by atoms with E-state index in [0.29, 0.717) is 16.9 Å². The van der Waals surface area contributed by atoms with Gasteiger partial charge < -0.3 is 20.3 Å². The van der Waals surface area contributed by atoms with E-state index in [2.05, 4.69) is 36.4 Å². The van der Waals surface area contributed by atoms with Gasteiger partial charge in [-0.3, -0.25) is 9.59 Å². The molecule has 7 nitrogen and oxygen atoms in total. The average molecular weight is 614 g/mol. The summed E-state index contributed by atoms with van der Waals surface area (Å²) in [5, 5.41) is 5.87. The molecule has 3 heterocycles. The van der Waals surface area contributed by atoms with Crippen LogP contribution in [0.2, 0.25) is 0 Å². The summed E-state index contributed by atoms with van der Waals surface area (Å²) in [6, 6.07) is 10.9. The molecule has 2 amide bonds. The van der Waals surface area contributed by atoms with Crippen molar-refractivity contribution < 1.29 is 23.1 Å². The Morgan fingerprint density at radius 2 is 1.75 bits per heavy atom. The van der Waals surface area contributed by atoms with Gasteiger partial charge in [0, 0.05) is 45.5 Å². The number of rotatable bonds is 7. The number of hydrogen-bond acceptors (Lipinski definition) is 5. The maximum atomic E-state index is 14.3. The van der Waals surface area contributed by atoms with Crippen LogP contribution in [0.25, 0.3) is 0 Å². The fourth-order valence-electron chi connectivity index (χ4n) is 6.01. The molecule has 2 saturated heterocycles. The van der Waals surface area contributed by atoms with E-state index >= 15 is 0 Å². The Morgan fingerprint density at radius 3 is 2.35 bits per heavy atom. The number of methoxy groups -OCH3 is 1. The number of hydrogen-bond donors (Lipinski definition) is 2. The normalized spacial score (nSPS) is 20.6. The number of nitrogens with zero attached hydrogens (tertiary/aromatic N) is 2. The number of amides is 2. The van der Waals surface area contributed by atoms with E-state index in [0.717, 1.165) is 37.1 Å². The molecule has 4 atom stereocenters. The number of ether oxygens (including phenoxy) is 1. The van der Waals surface area contributed by atoms with E-state index < -0.39 is 23.6 Å². The van der Waals surface area contributed by atoms with Gasteiger partial charge in [-0.05, 0) is 75.9 Å². The van der Waals surface area contributed by atoms with Crippen molar-refractivity contribution in [2.45, 2.75) is 63.7 Å². The fourth-order valence-corrected chi connectivity index (χ4v) is 6.41. The van der Waals surface area contributed by atoms with Crippen LogP contribution in [0.4, 0.5) is 14.6 Å². The van der Waals surface area contributed by atoms with E-state index in [1.807, 2.05) is 31.2 Å². The molecule has 40 heavy (non-hydrogen) atoms. The first-order valence-corrected chi connectivity index (χ1v) is 14.1. The molecule has 2 fully saturated rings. The minimum absolute atomic E-state index is 0.0535. The Morgan fingerprint density at radius 1 is 1.07 bits per heavy atom. The third-order valence-corrected chi connectivity index (χ3v) is 8.37. The first kappa shape index (κ1) is 28.0. The summed E-state index contributed by atoms with van der Waals surface area (Å²) in [5.41, 5.74) is 1.54. The monoisotopic (exact) mass is 612 g/mol. The van der Waals surface area contributed by atoms with Crippen molar-refractivity contribution in [1.82, 2.24) is 15.6 Å². The zero-order valence-electron chi connectivity index (χ0n) is 22.5. The molecule has 1 unspecified atom stereocenters. The van der Waals surface area contributed by atoms with Gasteiger partial charge in [-0.1, -0.05) is 22.0 Å². The largest absolute Gasteiger partial charge is 0.496 e. The van der Waals surface area contributed by atoms with Gasteiger partial charge in [-0.15, -0.1) is 0 Å². The van der Waals surface area contributed by atoms with Gasteiger partial charge in [0.1, 0.15) is 23.2 Å². The first-order chi connectivity index (χ1) is 19.2. The number of carbonyl (C=O) groups is 2. The van der Waals surface area contributed by atoms with Gasteiger partial charge >= 0.3 is 0 Å². The van der Waals surface area contributed by atoms with Crippen LogP contribution >= 0.6 is 15.9 Å². The molecule has 2 aromatic carbocycles. The van der Waals surface area contributed by atoms with Gasteiger partial charge in [0.15, 0.2) is 0 Å². The van der Waals surface area contributed by atoms with Gasteiger partial charge in [0.25, 0.3) is 11.8 Å². The predicted molar refractivity (Wildman–Crippen MR) is 152 cm³/mol. The molecule has 1 aromatic heterocycles. The topological polar surface area (TPSA) is 83.6 Å². The van der Waals surface area contributed by atoms with Gasteiger partial charge in [0.05, 0.1) is 18.7 Å². The zero-order chi connectivity index (χ0) is 28.6. The van der Waals surface area contributed by atoms with Gasteiger partial charge in [-0.2, -0.15) is 0 Å². The van der Waals surface area contributed by atoms with E-state index in [9.17, 15) is 18.4 Å². The van der Waals surface area contributed by atoms with Crippen molar-refractivity contribution in [3.63, 3.8) is 0 Å². The molecule has 0 radical (unpaired) electrons. The molecule has 2 aliphatic rings. The number of halogens is 3. The molecule has 0 spiro atoms. The van der Waals surface area contributed by atoms with Crippen molar-refractivity contribution >= 4 is 33.6 Å². The van der Waals surface area contributed by atoms with Crippen LogP contribution in [0, 0.1) is 18.6 Å². The number of nitrogens with one attached hydrogen (secondary N) is 2. The highest BCUT2D eigenvalue weighted by Crippen LogP contribution is 2.39. The molecular formula is C30H31BrF2N4O3. The second kappa shape index (κ2) is 11.5. The molecule has 2 N–H and O–H groups in total. The van der Waals surface area contributed by atoms with E-state index in [-0.39, 0.29) is 34.1 Å². The molecule has 0 saturated carbocycles. The minimum atomic E-state index is -0.869. The lowest BCUT2D eigenvalue weighted by atomic mass is 9.96. The van der Waals surface area contributed by atoms with Crippen molar-refractivity contribution in [3.8, 4) is 5.75 Å². The minimum Gasteiger partial charge on any atom is -0.496 e. The van der Waals surface area contributed by atoms with Gasteiger partial charge in [0.2, 0.25) is 0 Å². The van der Waals surface area contributed by atoms with Gasteiger partial charge in [-0.25, -0.2) is 13.8 Å². The molecule has 0 aliphatic carbocycles. The van der Waals surface area contributed by atoms with Crippen LogP contribution in [0.3, 0.4) is 0 Å². The quantitative estimate of drug-likeness (QED) is 0.349. The highest BCUT2D eigenvalue weighted by Gasteiger charge is 2.42. The van der Waals surface area contributed by atoms with Crippen molar-refractivity contribution in [3.05, 3.63) is 87.0 Å². The van der Waals surface area contributed by atoms with Crippen LogP contribution in [0.15, 0.2) is 53.1 Å². The van der Waals surface area contributed by atoms with Crippen molar-refractivity contribution in [2.24, 2.45) is 0 Å². The summed E-state index contributed by atoms with van der Waals surface area (Å²) in [5.74, 6) is -0.572. The van der Waals surface area contributed by atoms with Crippen LogP contribution < -0.4 is 20.3 Å². The SMILES string of the molecule is COc1cccc(C(=O)N[C@H]2C[C@H]3CC[C@@H](C2)N3c2ccc(C(=O)NC(C)c3c(F)cc(Br)cc3F)cn2)c1C. The lowest BCUT2D eigenvalue weighted by molar-refractivity contribution is 0.0922. The zero-order valence-corrected chi connectivity index (χ0v) is 24.1. The lowest BCUT2D eigenvalue weighted by Crippen LogP contribution is -2.50. The van der Waals surface area contributed by atoms with Crippen LogP contribution in [0.1, 0.15) is 70.5 Å². The Kier molecular flexibility index (Phi) is 8.07. The number of carbonyl (C=O) groups excluding carboxylic acids is 2. The molecule has 5 rings (SSSR count). The second-order valence-electron chi connectivity index (χ2n) is 10.5. The number of anilines is 1. The lowest BCUT2D eigenvalue weighted by Gasteiger charge is -2.40. The number of fused-ring (bicyclic) bond motifs is 2. The summed E-state index contributed by atoms with van der Waals surface area (Å²) < 4.78 is 34.3. The molecule has 2 bridgehead atoms. The molecule has 2 aliphatic heterocycles. The highest BCUT2D eigenvalue weighted by molar-refractivity contribution is 9.10. The van der Waals surface area contributed by atoms with Crippen molar-refractivity contribution in [2.75, 3.05) is 12.0 Å².